The highest BCUT2D eigenvalue weighted by Gasteiger charge is 2.26. The molecule has 0 aliphatic carbocycles. The molecule has 19 heavy (non-hydrogen) atoms. The summed E-state index contributed by atoms with van der Waals surface area (Å²) in [6.45, 7) is 7.07. The Hall–Kier alpha value is -1.37. The number of aliphatic hydroxyl groups is 1. The van der Waals surface area contributed by atoms with Gasteiger partial charge in [0.1, 0.15) is 0 Å². The highest BCUT2D eigenvalue weighted by Crippen LogP contribution is 2.28. The van der Waals surface area contributed by atoms with Crippen LogP contribution >= 0.6 is 0 Å². The van der Waals surface area contributed by atoms with Crippen molar-refractivity contribution in [2.45, 2.75) is 32.2 Å². The molecule has 1 fully saturated rings. The van der Waals surface area contributed by atoms with Crippen LogP contribution in [0.15, 0.2) is 24.3 Å². The molecule has 1 aromatic carbocycles. The molecule has 1 unspecified atom stereocenters. The van der Waals surface area contributed by atoms with Gasteiger partial charge < -0.3 is 5.11 Å². The Morgan fingerprint density at radius 1 is 1.42 bits per heavy atom. The van der Waals surface area contributed by atoms with E-state index in [0.717, 1.165) is 31.6 Å². The van der Waals surface area contributed by atoms with Crippen LogP contribution in [0.2, 0.25) is 0 Å². The van der Waals surface area contributed by atoms with Crippen molar-refractivity contribution in [3.05, 3.63) is 35.4 Å². The van der Waals surface area contributed by atoms with Crippen molar-refractivity contribution < 1.29 is 5.11 Å². The van der Waals surface area contributed by atoms with Gasteiger partial charge in [-0.3, -0.25) is 4.90 Å². The van der Waals surface area contributed by atoms with Crippen LogP contribution in [-0.4, -0.2) is 29.7 Å². The fourth-order valence-electron chi connectivity index (χ4n) is 2.77. The summed E-state index contributed by atoms with van der Waals surface area (Å²) < 4.78 is 0. The Morgan fingerprint density at radius 3 is 2.79 bits per heavy atom. The Kier molecular flexibility index (Phi) is 4.24. The van der Waals surface area contributed by atoms with Gasteiger partial charge in [0, 0.05) is 19.7 Å². The standard InChI is InChI=1S/C16H22N2O/c1-16(2,12-17)15-6-4-3-5-14(15)10-18-8-7-13(9-18)11-19/h3-6,13,19H,7-11H2,1-2H3. The maximum atomic E-state index is 9.32. The summed E-state index contributed by atoms with van der Waals surface area (Å²) in [5.41, 5.74) is 1.89. The molecule has 1 aliphatic heterocycles. The van der Waals surface area contributed by atoms with Gasteiger partial charge in [-0.25, -0.2) is 0 Å². The number of hydrogen-bond donors (Lipinski definition) is 1. The van der Waals surface area contributed by atoms with Crippen LogP contribution in [0.4, 0.5) is 0 Å². The minimum Gasteiger partial charge on any atom is -0.396 e. The third-order valence-corrected chi connectivity index (χ3v) is 3.99. The molecular weight excluding hydrogens is 236 g/mol. The SMILES string of the molecule is CC(C)(C#N)c1ccccc1CN1CCC(CO)C1. The van der Waals surface area contributed by atoms with E-state index in [1.807, 2.05) is 26.0 Å². The van der Waals surface area contributed by atoms with Gasteiger partial charge in [-0.05, 0) is 43.9 Å². The van der Waals surface area contributed by atoms with Gasteiger partial charge in [-0.15, -0.1) is 0 Å². The first-order valence-electron chi connectivity index (χ1n) is 6.89. The van der Waals surface area contributed by atoms with E-state index in [-0.39, 0.29) is 6.61 Å². The highest BCUT2D eigenvalue weighted by molar-refractivity contribution is 5.37. The van der Waals surface area contributed by atoms with Crippen LogP contribution in [0.3, 0.4) is 0 Å². The van der Waals surface area contributed by atoms with Crippen molar-refractivity contribution in [2.75, 3.05) is 19.7 Å². The fraction of sp³-hybridized carbons (Fsp3) is 0.562. The second-order valence-electron chi connectivity index (χ2n) is 5.97. The van der Waals surface area contributed by atoms with Crippen molar-refractivity contribution in [1.29, 1.82) is 5.26 Å². The number of likely N-dealkylation sites (tertiary alicyclic amines) is 1. The average molecular weight is 258 g/mol. The van der Waals surface area contributed by atoms with Gasteiger partial charge in [0.05, 0.1) is 11.5 Å². The molecule has 2 rings (SSSR count). The minimum absolute atomic E-state index is 0.280. The normalized spacial score (nSPS) is 20.4. The van der Waals surface area contributed by atoms with E-state index in [1.54, 1.807) is 0 Å². The van der Waals surface area contributed by atoms with Gasteiger partial charge >= 0.3 is 0 Å². The van der Waals surface area contributed by atoms with Crippen LogP contribution in [0.1, 0.15) is 31.4 Å². The van der Waals surface area contributed by atoms with E-state index in [9.17, 15) is 10.4 Å². The van der Waals surface area contributed by atoms with Crippen molar-refractivity contribution in [2.24, 2.45) is 5.92 Å². The lowest BCUT2D eigenvalue weighted by molar-refractivity contribution is 0.220. The molecule has 1 saturated heterocycles. The quantitative estimate of drug-likeness (QED) is 0.901. The molecule has 0 amide bonds. The van der Waals surface area contributed by atoms with E-state index < -0.39 is 5.41 Å². The summed E-state index contributed by atoms with van der Waals surface area (Å²) >= 11 is 0. The number of nitriles is 1. The van der Waals surface area contributed by atoms with Crippen molar-refractivity contribution in [3.63, 3.8) is 0 Å². The maximum Gasteiger partial charge on any atom is 0.0769 e. The smallest absolute Gasteiger partial charge is 0.0769 e. The van der Waals surface area contributed by atoms with Crippen molar-refractivity contribution >= 4 is 0 Å². The monoisotopic (exact) mass is 258 g/mol. The molecule has 1 heterocycles. The molecule has 1 aromatic rings. The van der Waals surface area contributed by atoms with Gasteiger partial charge in [-0.2, -0.15) is 5.26 Å². The summed E-state index contributed by atoms with van der Waals surface area (Å²) in [5, 5.41) is 18.5. The molecule has 3 nitrogen and oxygen atoms in total. The summed E-state index contributed by atoms with van der Waals surface area (Å²) in [4.78, 5) is 2.37. The molecule has 1 N–H and O–H groups in total. The second-order valence-corrected chi connectivity index (χ2v) is 5.97. The van der Waals surface area contributed by atoms with Crippen LogP contribution in [-0.2, 0) is 12.0 Å². The maximum absolute atomic E-state index is 9.32. The molecule has 3 heteroatoms. The lowest BCUT2D eigenvalue weighted by Crippen LogP contribution is -2.24. The molecule has 0 aromatic heterocycles. The Labute approximate surface area is 115 Å². The number of hydrogen-bond acceptors (Lipinski definition) is 3. The molecule has 1 atom stereocenters. The topological polar surface area (TPSA) is 47.3 Å². The van der Waals surface area contributed by atoms with Gasteiger partial charge in [0.25, 0.3) is 0 Å². The van der Waals surface area contributed by atoms with Gasteiger partial charge in [0.2, 0.25) is 0 Å². The molecule has 1 aliphatic rings. The number of nitrogens with zero attached hydrogens (tertiary/aromatic N) is 2. The first kappa shape index (κ1) is 14.0. The van der Waals surface area contributed by atoms with Crippen LogP contribution < -0.4 is 0 Å². The fourth-order valence-corrected chi connectivity index (χ4v) is 2.77. The average Bonchev–Trinajstić information content (AvgIpc) is 2.87. The van der Waals surface area contributed by atoms with E-state index in [1.165, 1.54) is 5.56 Å². The van der Waals surface area contributed by atoms with Crippen molar-refractivity contribution in [1.82, 2.24) is 4.90 Å². The van der Waals surface area contributed by atoms with E-state index in [4.69, 9.17) is 0 Å². The van der Waals surface area contributed by atoms with E-state index >= 15 is 0 Å². The molecular formula is C16H22N2O. The van der Waals surface area contributed by atoms with Crippen molar-refractivity contribution in [3.8, 4) is 6.07 Å². The highest BCUT2D eigenvalue weighted by atomic mass is 16.3. The van der Waals surface area contributed by atoms with Crippen LogP contribution in [0, 0.1) is 17.2 Å². The lowest BCUT2D eigenvalue weighted by Gasteiger charge is -2.23. The number of rotatable bonds is 4. The second kappa shape index (κ2) is 5.73. The summed E-state index contributed by atoms with van der Waals surface area (Å²) in [5.74, 6) is 0.413. The van der Waals surface area contributed by atoms with E-state index in [0.29, 0.717) is 5.92 Å². The zero-order chi connectivity index (χ0) is 13.9. The zero-order valence-electron chi connectivity index (χ0n) is 11.8. The number of benzene rings is 1. The summed E-state index contributed by atoms with van der Waals surface area (Å²) in [6.07, 6.45) is 1.07. The summed E-state index contributed by atoms with van der Waals surface area (Å²) in [7, 11) is 0. The first-order chi connectivity index (χ1) is 9.06. The third-order valence-electron chi connectivity index (χ3n) is 3.99. The predicted molar refractivity (Wildman–Crippen MR) is 75.6 cm³/mol. The molecule has 0 spiro atoms. The van der Waals surface area contributed by atoms with Gasteiger partial charge in [0.15, 0.2) is 0 Å². The molecule has 0 bridgehead atoms. The lowest BCUT2D eigenvalue weighted by atomic mass is 9.83. The molecule has 102 valence electrons. The summed E-state index contributed by atoms with van der Waals surface area (Å²) in [6, 6.07) is 10.6. The van der Waals surface area contributed by atoms with Crippen LogP contribution in [0.5, 0.6) is 0 Å². The predicted octanol–water partition coefficient (Wildman–Crippen LogP) is 2.30. The van der Waals surface area contributed by atoms with Crippen LogP contribution in [0.25, 0.3) is 0 Å². The largest absolute Gasteiger partial charge is 0.396 e. The third kappa shape index (κ3) is 3.15. The Balaban J connectivity index is 2.16. The Bertz CT molecular complexity index is 476. The van der Waals surface area contributed by atoms with Gasteiger partial charge in [-0.1, -0.05) is 24.3 Å². The molecule has 0 saturated carbocycles. The number of aliphatic hydroxyl groups excluding tert-OH is 1. The van der Waals surface area contributed by atoms with E-state index in [2.05, 4.69) is 23.1 Å². The Morgan fingerprint density at radius 2 is 2.16 bits per heavy atom. The zero-order valence-corrected chi connectivity index (χ0v) is 11.8. The minimum atomic E-state index is -0.452. The first-order valence-corrected chi connectivity index (χ1v) is 6.89. The molecule has 0 radical (unpaired) electrons.